The third-order valence-corrected chi connectivity index (χ3v) is 4.10. The van der Waals surface area contributed by atoms with Crippen LogP contribution in [0.2, 0.25) is 0 Å². The highest BCUT2D eigenvalue weighted by molar-refractivity contribution is 5.96. The SMILES string of the molecule is CCOc1ccc(C(=O)N[C@H](C(=O)OCc2ccc(C#N)cc2)C(C)C)cc1. The van der Waals surface area contributed by atoms with Crippen LogP contribution in [-0.4, -0.2) is 24.5 Å². The Kier molecular flexibility index (Phi) is 7.58. The summed E-state index contributed by atoms with van der Waals surface area (Å²) in [5.74, 6) is -0.308. The molecule has 1 N–H and O–H groups in total. The van der Waals surface area contributed by atoms with Gasteiger partial charge < -0.3 is 14.8 Å². The second-order valence-electron chi connectivity index (χ2n) is 6.57. The first-order valence-corrected chi connectivity index (χ1v) is 9.14. The Morgan fingerprint density at radius 2 is 1.71 bits per heavy atom. The van der Waals surface area contributed by atoms with E-state index in [2.05, 4.69) is 5.32 Å². The number of ether oxygens (including phenoxy) is 2. The quantitative estimate of drug-likeness (QED) is 0.709. The molecular weight excluding hydrogens is 356 g/mol. The Labute approximate surface area is 165 Å². The molecule has 0 saturated carbocycles. The normalized spacial score (nSPS) is 11.4. The molecule has 0 fully saturated rings. The van der Waals surface area contributed by atoms with E-state index in [4.69, 9.17) is 14.7 Å². The zero-order chi connectivity index (χ0) is 20.5. The third-order valence-electron chi connectivity index (χ3n) is 4.10. The summed E-state index contributed by atoms with van der Waals surface area (Å²) < 4.78 is 10.7. The molecule has 0 radical (unpaired) electrons. The highest BCUT2D eigenvalue weighted by atomic mass is 16.5. The summed E-state index contributed by atoms with van der Waals surface area (Å²) in [4.78, 5) is 25.0. The maximum atomic E-state index is 12.5. The predicted molar refractivity (Wildman–Crippen MR) is 105 cm³/mol. The van der Waals surface area contributed by atoms with Crippen molar-refractivity contribution in [2.45, 2.75) is 33.4 Å². The first-order chi connectivity index (χ1) is 13.4. The lowest BCUT2D eigenvalue weighted by atomic mass is 10.0. The summed E-state index contributed by atoms with van der Waals surface area (Å²) in [7, 11) is 0. The minimum Gasteiger partial charge on any atom is -0.494 e. The lowest BCUT2D eigenvalue weighted by molar-refractivity contribution is -0.148. The molecule has 28 heavy (non-hydrogen) atoms. The van der Waals surface area contributed by atoms with Gasteiger partial charge in [-0.25, -0.2) is 4.79 Å². The predicted octanol–water partition coefficient (Wildman–Crippen LogP) is 3.45. The van der Waals surface area contributed by atoms with Gasteiger partial charge >= 0.3 is 5.97 Å². The smallest absolute Gasteiger partial charge is 0.329 e. The third kappa shape index (κ3) is 5.85. The zero-order valence-electron chi connectivity index (χ0n) is 16.3. The van der Waals surface area contributed by atoms with E-state index in [1.54, 1.807) is 48.5 Å². The summed E-state index contributed by atoms with van der Waals surface area (Å²) in [5.41, 5.74) is 1.75. The summed E-state index contributed by atoms with van der Waals surface area (Å²) in [6, 6.07) is 14.8. The fourth-order valence-electron chi connectivity index (χ4n) is 2.51. The van der Waals surface area contributed by atoms with Gasteiger partial charge in [0.2, 0.25) is 0 Å². The van der Waals surface area contributed by atoms with Gasteiger partial charge in [-0.05, 0) is 54.8 Å². The van der Waals surface area contributed by atoms with Crippen LogP contribution in [0.3, 0.4) is 0 Å². The van der Waals surface area contributed by atoms with Crippen molar-refractivity contribution in [3.63, 3.8) is 0 Å². The lowest BCUT2D eigenvalue weighted by Gasteiger charge is -2.21. The van der Waals surface area contributed by atoms with Crippen molar-refractivity contribution in [1.82, 2.24) is 5.32 Å². The standard InChI is InChI=1S/C22H24N2O4/c1-4-27-19-11-9-18(10-12-19)21(25)24-20(15(2)3)22(26)28-14-17-7-5-16(13-23)6-8-17/h5-12,15,20H,4,14H2,1-3H3,(H,24,25)/t20-/m0/s1. The largest absolute Gasteiger partial charge is 0.494 e. The van der Waals surface area contributed by atoms with Crippen LogP contribution in [0.5, 0.6) is 5.75 Å². The molecule has 1 amide bonds. The average molecular weight is 380 g/mol. The van der Waals surface area contributed by atoms with Crippen LogP contribution in [0.25, 0.3) is 0 Å². The summed E-state index contributed by atoms with van der Waals surface area (Å²) in [6.07, 6.45) is 0. The molecule has 0 aromatic heterocycles. The van der Waals surface area contributed by atoms with Crippen molar-refractivity contribution in [3.8, 4) is 11.8 Å². The fraction of sp³-hybridized carbons (Fsp3) is 0.318. The van der Waals surface area contributed by atoms with Crippen LogP contribution >= 0.6 is 0 Å². The number of nitrogens with zero attached hydrogens (tertiary/aromatic N) is 1. The molecule has 6 heteroatoms. The zero-order valence-corrected chi connectivity index (χ0v) is 16.3. The fourth-order valence-corrected chi connectivity index (χ4v) is 2.51. The number of hydrogen-bond donors (Lipinski definition) is 1. The summed E-state index contributed by atoms with van der Waals surface area (Å²) in [6.45, 7) is 6.19. The molecular formula is C22H24N2O4. The van der Waals surface area contributed by atoms with Crippen LogP contribution in [0, 0.1) is 17.2 Å². The molecule has 2 aromatic carbocycles. The first-order valence-electron chi connectivity index (χ1n) is 9.14. The number of esters is 1. The molecule has 6 nitrogen and oxygen atoms in total. The minimum atomic E-state index is -0.766. The van der Waals surface area contributed by atoms with Gasteiger partial charge in [-0.1, -0.05) is 26.0 Å². The van der Waals surface area contributed by atoms with Crippen molar-refractivity contribution in [1.29, 1.82) is 5.26 Å². The maximum absolute atomic E-state index is 12.5. The van der Waals surface area contributed by atoms with Gasteiger partial charge in [0, 0.05) is 5.56 Å². The Morgan fingerprint density at radius 3 is 2.25 bits per heavy atom. The van der Waals surface area contributed by atoms with Gasteiger partial charge in [-0.3, -0.25) is 4.79 Å². The van der Waals surface area contributed by atoms with E-state index in [0.29, 0.717) is 23.5 Å². The van der Waals surface area contributed by atoms with Crippen LogP contribution in [0.4, 0.5) is 0 Å². The van der Waals surface area contributed by atoms with Gasteiger partial charge in [-0.2, -0.15) is 5.26 Å². The Hall–Kier alpha value is -3.33. The minimum absolute atomic E-state index is 0.0761. The molecule has 0 heterocycles. The monoisotopic (exact) mass is 380 g/mol. The molecule has 146 valence electrons. The lowest BCUT2D eigenvalue weighted by Crippen LogP contribution is -2.45. The average Bonchev–Trinajstić information content (AvgIpc) is 2.71. The Bertz CT molecular complexity index is 836. The van der Waals surface area contributed by atoms with Gasteiger partial charge in [0.1, 0.15) is 18.4 Å². The molecule has 0 aliphatic carbocycles. The van der Waals surface area contributed by atoms with Gasteiger partial charge in [-0.15, -0.1) is 0 Å². The molecule has 0 aliphatic heterocycles. The van der Waals surface area contributed by atoms with Crippen molar-refractivity contribution in [3.05, 3.63) is 65.2 Å². The topological polar surface area (TPSA) is 88.4 Å². The van der Waals surface area contributed by atoms with Crippen LogP contribution in [0.1, 0.15) is 42.3 Å². The van der Waals surface area contributed by atoms with E-state index >= 15 is 0 Å². The number of carbonyl (C=O) groups is 2. The second kappa shape index (κ2) is 10.1. The van der Waals surface area contributed by atoms with E-state index in [1.165, 1.54) is 0 Å². The van der Waals surface area contributed by atoms with Crippen molar-refractivity contribution < 1.29 is 19.1 Å². The number of carbonyl (C=O) groups excluding carboxylic acids is 2. The number of benzene rings is 2. The highest BCUT2D eigenvalue weighted by Crippen LogP contribution is 2.14. The van der Waals surface area contributed by atoms with Crippen LogP contribution in [-0.2, 0) is 16.1 Å². The van der Waals surface area contributed by atoms with Gasteiger partial charge in [0.25, 0.3) is 5.91 Å². The van der Waals surface area contributed by atoms with Crippen LogP contribution < -0.4 is 10.1 Å². The number of nitriles is 1. The highest BCUT2D eigenvalue weighted by Gasteiger charge is 2.26. The van der Waals surface area contributed by atoms with Gasteiger partial charge in [0.15, 0.2) is 0 Å². The van der Waals surface area contributed by atoms with Crippen molar-refractivity contribution in [2.24, 2.45) is 5.92 Å². The molecule has 0 spiro atoms. The molecule has 0 bridgehead atoms. The number of rotatable bonds is 8. The first kappa shape index (κ1) is 21.0. The molecule has 1 atom stereocenters. The molecule has 2 rings (SSSR count). The number of nitrogens with one attached hydrogen (secondary N) is 1. The van der Waals surface area contributed by atoms with Crippen molar-refractivity contribution in [2.75, 3.05) is 6.61 Å². The van der Waals surface area contributed by atoms with Crippen LogP contribution in [0.15, 0.2) is 48.5 Å². The molecule has 2 aromatic rings. The van der Waals surface area contributed by atoms with E-state index in [1.807, 2.05) is 26.8 Å². The second-order valence-corrected chi connectivity index (χ2v) is 6.57. The summed E-state index contributed by atoms with van der Waals surface area (Å²) >= 11 is 0. The van der Waals surface area contributed by atoms with Crippen molar-refractivity contribution >= 4 is 11.9 Å². The Morgan fingerprint density at radius 1 is 1.07 bits per heavy atom. The van der Waals surface area contributed by atoms with E-state index in [0.717, 1.165) is 5.56 Å². The molecule has 0 saturated heterocycles. The van der Waals surface area contributed by atoms with Gasteiger partial charge in [0.05, 0.1) is 18.2 Å². The molecule has 0 unspecified atom stereocenters. The number of hydrogen-bond acceptors (Lipinski definition) is 5. The molecule has 0 aliphatic rings. The maximum Gasteiger partial charge on any atom is 0.329 e. The summed E-state index contributed by atoms with van der Waals surface area (Å²) in [5, 5.41) is 11.6. The van der Waals surface area contributed by atoms with E-state index in [-0.39, 0.29) is 18.4 Å². The Balaban J connectivity index is 1.97. The number of amides is 1. The van der Waals surface area contributed by atoms with E-state index < -0.39 is 12.0 Å². The van der Waals surface area contributed by atoms with E-state index in [9.17, 15) is 9.59 Å².